The number of amides is 1. The van der Waals surface area contributed by atoms with Gasteiger partial charge in [-0.05, 0) is 66.8 Å². The number of hydrogen-bond donors (Lipinski definition) is 2. The third-order valence-corrected chi connectivity index (χ3v) is 6.95. The molecule has 28 heavy (non-hydrogen) atoms. The number of phenolic OH excluding ortho intramolecular Hbond substituents is 1. The van der Waals surface area contributed by atoms with Gasteiger partial charge in [0, 0.05) is 16.0 Å². The van der Waals surface area contributed by atoms with Gasteiger partial charge in [0.1, 0.15) is 5.75 Å². The molecule has 0 saturated heterocycles. The molecule has 148 valence electrons. The summed E-state index contributed by atoms with van der Waals surface area (Å²) in [7, 11) is 0. The number of hydrogen-bond acceptors (Lipinski definition) is 3. The van der Waals surface area contributed by atoms with Crippen LogP contribution in [0.4, 0.5) is 0 Å². The summed E-state index contributed by atoms with van der Waals surface area (Å²) >= 11 is 10.0. The minimum Gasteiger partial charge on any atom is -0.506 e. The summed E-state index contributed by atoms with van der Waals surface area (Å²) in [5.41, 5.74) is 5.86. The lowest BCUT2D eigenvalue weighted by Crippen LogP contribution is -2.20. The van der Waals surface area contributed by atoms with Gasteiger partial charge in [-0.15, -0.1) is 0 Å². The zero-order valence-electron chi connectivity index (χ0n) is 15.8. The first kappa shape index (κ1) is 21.5. The Morgan fingerprint density at radius 3 is 2.43 bits per heavy atom. The van der Waals surface area contributed by atoms with Crippen molar-refractivity contribution >= 4 is 59.9 Å². The Labute approximate surface area is 190 Å². The Balaban J connectivity index is 1.62. The summed E-state index contributed by atoms with van der Waals surface area (Å²) in [5.74, 6) is 0.189. The maximum absolute atomic E-state index is 12.4. The van der Waals surface area contributed by atoms with E-state index in [2.05, 4.69) is 103 Å². The van der Waals surface area contributed by atoms with Crippen molar-refractivity contribution in [1.29, 1.82) is 0 Å². The zero-order valence-corrected chi connectivity index (χ0v) is 20.5. The lowest BCUT2D eigenvalue weighted by molar-refractivity contribution is -0.122. The Hall–Kier alpha value is -1.18. The van der Waals surface area contributed by atoms with Gasteiger partial charge in [0.15, 0.2) is 0 Å². The minimum absolute atomic E-state index is 0.0529. The predicted octanol–water partition coefficient (Wildman–Crippen LogP) is 6.23. The summed E-state index contributed by atoms with van der Waals surface area (Å²) in [6, 6.07) is 10.3. The number of phenols is 1. The molecule has 4 nitrogen and oxygen atoms in total. The monoisotopic (exact) mass is 570 g/mol. The largest absolute Gasteiger partial charge is 0.506 e. The standard InChI is InChI=1S/C21H21Br3N2O2/c1-21(2,3)12-6-4-11(5-7-12)13-8-14(13)20(28)26-25-10-15-16(22)9-17(23)19(27)18(15)24/h4-7,9-10,13-14,27H,8H2,1-3H3,(H,26,28)/b25-10-. The van der Waals surface area contributed by atoms with E-state index < -0.39 is 0 Å². The smallest absolute Gasteiger partial charge is 0.243 e. The quantitative estimate of drug-likeness (QED) is 0.337. The molecule has 1 fully saturated rings. The minimum atomic E-state index is -0.0882. The van der Waals surface area contributed by atoms with Crippen molar-refractivity contribution in [1.82, 2.24) is 5.43 Å². The molecule has 0 aromatic heterocycles. The summed E-state index contributed by atoms with van der Waals surface area (Å²) in [5, 5.41) is 14.0. The first-order valence-corrected chi connectivity index (χ1v) is 11.3. The molecule has 0 heterocycles. The van der Waals surface area contributed by atoms with E-state index in [9.17, 15) is 9.90 Å². The van der Waals surface area contributed by atoms with E-state index in [1.165, 1.54) is 17.3 Å². The van der Waals surface area contributed by atoms with E-state index in [0.717, 1.165) is 10.9 Å². The Morgan fingerprint density at radius 2 is 1.82 bits per heavy atom. The van der Waals surface area contributed by atoms with E-state index in [0.29, 0.717) is 14.5 Å². The Bertz CT molecular complexity index is 934. The van der Waals surface area contributed by atoms with Crippen LogP contribution in [0.25, 0.3) is 0 Å². The predicted molar refractivity (Wildman–Crippen MR) is 123 cm³/mol. The third-order valence-electron chi connectivity index (χ3n) is 4.88. The van der Waals surface area contributed by atoms with Crippen LogP contribution in [-0.4, -0.2) is 17.2 Å². The van der Waals surface area contributed by atoms with Crippen molar-refractivity contribution in [3.63, 3.8) is 0 Å². The van der Waals surface area contributed by atoms with Crippen LogP contribution in [0.1, 0.15) is 49.8 Å². The van der Waals surface area contributed by atoms with Gasteiger partial charge in [-0.3, -0.25) is 4.79 Å². The highest BCUT2D eigenvalue weighted by molar-refractivity contribution is 9.11. The second kappa shape index (κ2) is 8.28. The van der Waals surface area contributed by atoms with Gasteiger partial charge >= 0.3 is 0 Å². The van der Waals surface area contributed by atoms with Gasteiger partial charge in [-0.1, -0.05) is 61.0 Å². The number of carbonyl (C=O) groups excluding carboxylic acids is 1. The maximum atomic E-state index is 12.4. The molecular formula is C21H21Br3N2O2. The van der Waals surface area contributed by atoms with E-state index in [4.69, 9.17) is 0 Å². The van der Waals surface area contributed by atoms with Gasteiger partial charge in [-0.2, -0.15) is 5.10 Å². The van der Waals surface area contributed by atoms with Crippen molar-refractivity contribution in [2.24, 2.45) is 11.0 Å². The fourth-order valence-electron chi connectivity index (χ4n) is 3.04. The summed E-state index contributed by atoms with van der Waals surface area (Å²) in [6.07, 6.45) is 2.34. The first-order chi connectivity index (χ1) is 13.1. The van der Waals surface area contributed by atoms with Crippen LogP contribution in [0.3, 0.4) is 0 Å². The number of halogens is 3. The molecule has 3 rings (SSSR count). The summed E-state index contributed by atoms with van der Waals surface area (Å²) in [6.45, 7) is 6.57. The van der Waals surface area contributed by atoms with Gasteiger partial charge < -0.3 is 5.11 Å². The highest BCUT2D eigenvalue weighted by atomic mass is 79.9. The molecule has 1 aliphatic rings. The molecule has 1 amide bonds. The fourth-order valence-corrected chi connectivity index (χ4v) is 5.37. The molecule has 0 radical (unpaired) electrons. The topological polar surface area (TPSA) is 61.7 Å². The second-order valence-electron chi connectivity index (χ2n) is 7.97. The lowest BCUT2D eigenvalue weighted by Gasteiger charge is -2.19. The number of nitrogens with one attached hydrogen (secondary N) is 1. The molecule has 0 aliphatic heterocycles. The SMILES string of the molecule is CC(C)(C)c1ccc(C2CC2C(=O)N/N=C\c2c(Br)cc(Br)c(O)c2Br)cc1. The zero-order chi connectivity index (χ0) is 20.6. The molecule has 1 saturated carbocycles. The number of rotatable bonds is 4. The van der Waals surface area contributed by atoms with Crippen molar-refractivity contribution in [2.45, 2.75) is 38.5 Å². The maximum Gasteiger partial charge on any atom is 0.243 e. The van der Waals surface area contributed by atoms with Crippen LogP contribution in [0.15, 0.2) is 48.9 Å². The molecule has 0 spiro atoms. The average molecular weight is 573 g/mol. The Kier molecular flexibility index (Phi) is 6.37. The summed E-state index contributed by atoms with van der Waals surface area (Å²) < 4.78 is 1.80. The average Bonchev–Trinajstić information content (AvgIpc) is 3.43. The highest BCUT2D eigenvalue weighted by Crippen LogP contribution is 2.47. The molecule has 0 bridgehead atoms. The molecule has 1 aliphatic carbocycles. The van der Waals surface area contributed by atoms with Crippen LogP contribution in [0.5, 0.6) is 5.75 Å². The third kappa shape index (κ3) is 4.69. The number of aromatic hydroxyl groups is 1. The van der Waals surface area contributed by atoms with Crippen molar-refractivity contribution < 1.29 is 9.90 Å². The Morgan fingerprint density at radius 1 is 1.18 bits per heavy atom. The van der Waals surface area contributed by atoms with Gasteiger partial charge in [0.25, 0.3) is 0 Å². The first-order valence-electron chi connectivity index (χ1n) is 8.89. The van der Waals surface area contributed by atoms with E-state index >= 15 is 0 Å². The lowest BCUT2D eigenvalue weighted by atomic mass is 9.86. The number of benzene rings is 2. The van der Waals surface area contributed by atoms with Crippen LogP contribution in [0.2, 0.25) is 0 Å². The molecule has 7 heteroatoms. The van der Waals surface area contributed by atoms with Crippen molar-refractivity contribution in [3.05, 3.63) is 60.4 Å². The van der Waals surface area contributed by atoms with Gasteiger partial charge in [0.2, 0.25) is 5.91 Å². The molecule has 2 unspecified atom stereocenters. The van der Waals surface area contributed by atoms with E-state index in [-0.39, 0.29) is 28.9 Å². The van der Waals surface area contributed by atoms with Crippen LogP contribution < -0.4 is 5.43 Å². The van der Waals surface area contributed by atoms with Crippen LogP contribution >= 0.6 is 47.8 Å². The molecule has 2 aromatic carbocycles. The fraction of sp³-hybridized carbons (Fsp3) is 0.333. The molecular weight excluding hydrogens is 552 g/mol. The summed E-state index contributed by atoms with van der Waals surface area (Å²) in [4.78, 5) is 12.4. The number of hydrazone groups is 1. The van der Waals surface area contributed by atoms with E-state index in [1.807, 2.05) is 0 Å². The molecule has 2 aromatic rings. The second-order valence-corrected chi connectivity index (χ2v) is 10.5. The normalized spacial score (nSPS) is 19.1. The highest BCUT2D eigenvalue weighted by Gasteiger charge is 2.44. The number of carbonyl (C=O) groups is 1. The molecule has 2 atom stereocenters. The van der Waals surface area contributed by atoms with Crippen molar-refractivity contribution in [2.75, 3.05) is 0 Å². The van der Waals surface area contributed by atoms with Crippen molar-refractivity contribution in [3.8, 4) is 5.75 Å². The van der Waals surface area contributed by atoms with Gasteiger partial charge in [0.05, 0.1) is 15.2 Å². The van der Waals surface area contributed by atoms with E-state index in [1.54, 1.807) is 6.07 Å². The van der Waals surface area contributed by atoms with Crippen LogP contribution in [-0.2, 0) is 10.2 Å². The van der Waals surface area contributed by atoms with Crippen LogP contribution in [0, 0.1) is 5.92 Å². The number of nitrogens with zero attached hydrogens (tertiary/aromatic N) is 1. The van der Waals surface area contributed by atoms with Gasteiger partial charge in [-0.25, -0.2) is 5.43 Å². The molecule has 2 N–H and O–H groups in total.